The number of anilines is 3. The number of aromatic nitrogens is 1. The van der Waals surface area contributed by atoms with E-state index in [1.807, 2.05) is 56.3 Å². The Labute approximate surface area is 201 Å². The number of pyridine rings is 1. The molecule has 0 unspecified atom stereocenters. The zero-order valence-electron chi connectivity index (χ0n) is 19.1. The zero-order chi connectivity index (χ0) is 24.2. The molecule has 1 amide bonds. The van der Waals surface area contributed by atoms with Gasteiger partial charge in [-0.3, -0.25) is 10.2 Å². The number of carbonyl (C=O) groups excluding carboxylic acids is 1. The Kier molecular flexibility index (Phi) is 6.90. The first kappa shape index (κ1) is 23.4. The zero-order valence-corrected chi connectivity index (χ0v) is 19.9. The molecule has 3 aromatic rings. The minimum atomic E-state index is -0.101. The van der Waals surface area contributed by atoms with E-state index in [9.17, 15) is 4.79 Å². The molecule has 0 spiro atoms. The van der Waals surface area contributed by atoms with E-state index in [0.29, 0.717) is 40.0 Å². The second-order valence-electron chi connectivity index (χ2n) is 7.96. The van der Waals surface area contributed by atoms with E-state index in [-0.39, 0.29) is 18.6 Å². The number of hydrogen-bond acceptors (Lipinski definition) is 7. The summed E-state index contributed by atoms with van der Waals surface area (Å²) in [7, 11) is 1.72. The van der Waals surface area contributed by atoms with Gasteiger partial charge in [0.05, 0.1) is 41.2 Å². The van der Waals surface area contributed by atoms with Gasteiger partial charge in [0.1, 0.15) is 11.5 Å². The number of aromatic amines is 1. The van der Waals surface area contributed by atoms with Crippen LogP contribution in [0.1, 0.15) is 25.0 Å². The molecule has 10 heteroatoms. The standard InChI is InChI=1S/C24H25N5O4S/c1-14(2)32-16-4-6-19(25)18(11-16)24(26)15-8-9-27-22(10-15)28-33-34-17-5-7-21-20(12-17)29(3)23(30)13-31-21/h4-12,14,26H,13,25H2,1-3H3,(H,27,28)/p+2. The summed E-state index contributed by atoms with van der Waals surface area (Å²) in [4.78, 5) is 17.3. The van der Waals surface area contributed by atoms with Gasteiger partial charge in [-0.2, -0.15) is 0 Å². The normalized spacial score (nSPS) is 12.8. The largest absolute Gasteiger partial charge is 0.491 e. The molecule has 2 heterocycles. The molecule has 34 heavy (non-hydrogen) atoms. The summed E-state index contributed by atoms with van der Waals surface area (Å²) in [6.07, 6.45) is 1.79. The van der Waals surface area contributed by atoms with Gasteiger partial charge in [-0.25, -0.2) is 4.98 Å². The van der Waals surface area contributed by atoms with Gasteiger partial charge in [-0.1, -0.05) is 0 Å². The Hall–Kier alpha value is -3.76. The summed E-state index contributed by atoms with van der Waals surface area (Å²) in [6, 6.07) is 14.6. The van der Waals surface area contributed by atoms with E-state index in [2.05, 4.69) is 10.5 Å². The highest BCUT2D eigenvalue weighted by Gasteiger charge is 2.23. The molecular formula is C24H27N5O4S+2. The number of rotatable bonds is 8. The molecule has 0 atom stereocenters. The summed E-state index contributed by atoms with van der Waals surface area (Å²) in [6.45, 7) is 3.96. The summed E-state index contributed by atoms with van der Waals surface area (Å²) >= 11 is 1.11. The molecule has 9 nitrogen and oxygen atoms in total. The number of nitrogens with two attached hydrogens (primary N) is 2. The Bertz CT molecular complexity index is 1230. The number of nitrogen functional groups attached to an aromatic ring is 1. The van der Waals surface area contributed by atoms with Gasteiger partial charge in [0.15, 0.2) is 6.61 Å². The highest BCUT2D eigenvalue weighted by atomic mass is 32.2. The molecule has 0 saturated carbocycles. The fourth-order valence-corrected chi connectivity index (χ4v) is 3.89. The lowest BCUT2D eigenvalue weighted by Gasteiger charge is -2.26. The fourth-order valence-electron chi connectivity index (χ4n) is 3.38. The maximum atomic E-state index is 11.9. The molecule has 1 aliphatic heterocycles. The minimum absolute atomic E-state index is 0.0398. The molecule has 1 aliphatic rings. The Morgan fingerprint density at radius 1 is 1.24 bits per heavy atom. The second-order valence-corrected chi connectivity index (χ2v) is 8.76. The number of fused-ring (bicyclic) bond motifs is 1. The van der Waals surface area contributed by atoms with Crippen molar-refractivity contribution in [2.24, 2.45) is 0 Å². The third-order valence-corrected chi connectivity index (χ3v) is 5.72. The van der Waals surface area contributed by atoms with E-state index in [0.717, 1.165) is 22.5 Å². The van der Waals surface area contributed by atoms with Crippen molar-refractivity contribution in [2.45, 2.75) is 24.8 Å². The van der Waals surface area contributed by atoms with Gasteiger partial charge in [0.2, 0.25) is 5.71 Å². The van der Waals surface area contributed by atoms with Gasteiger partial charge < -0.3 is 20.1 Å². The predicted octanol–water partition coefficient (Wildman–Crippen LogP) is 1.87. The van der Waals surface area contributed by atoms with Gasteiger partial charge in [-0.05, 0) is 56.3 Å². The predicted molar refractivity (Wildman–Crippen MR) is 131 cm³/mol. The molecule has 6 N–H and O–H groups in total. The Morgan fingerprint density at radius 3 is 2.85 bits per heavy atom. The van der Waals surface area contributed by atoms with Gasteiger partial charge in [0, 0.05) is 23.7 Å². The van der Waals surface area contributed by atoms with Crippen molar-refractivity contribution in [3.8, 4) is 11.5 Å². The summed E-state index contributed by atoms with van der Waals surface area (Å²) in [5.74, 6) is 1.85. The van der Waals surface area contributed by atoms with Crippen molar-refractivity contribution in [1.29, 1.82) is 0 Å². The lowest BCUT2D eigenvalue weighted by molar-refractivity contribution is -0.363. The number of hydrogen-bond donors (Lipinski definition) is 3. The van der Waals surface area contributed by atoms with E-state index >= 15 is 0 Å². The van der Waals surface area contributed by atoms with Crippen LogP contribution in [0.5, 0.6) is 11.5 Å². The van der Waals surface area contributed by atoms with Crippen molar-refractivity contribution >= 4 is 40.9 Å². The van der Waals surface area contributed by atoms with Crippen molar-refractivity contribution in [3.63, 3.8) is 0 Å². The highest BCUT2D eigenvalue weighted by molar-refractivity contribution is 7.94. The van der Waals surface area contributed by atoms with Crippen LogP contribution in [0.2, 0.25) is 0 Å². The average Bonchev–Trinajstić information content (AvgIpc) is 2.82. The van der Waals surface area contributed by atoms with E-state index in [4.69, 9.17) is 24.9 Å². The van der Waals surface area contributed by atoms with Crippen LogP contribution in [0.3, 0.4) is 0 Å². The molecule has 176 valence electrons. The lowest BCUT2D eigenvalue weighted by Crippen LogP contribution is -2.41. The van der Waals surface area contributed by atoms with Crippen molar-refractivity contribution in [1.82, 2.24) is 0 Å². The van der Waals surface area contributed by atoms with Gasteiger partial charge >= 0.3 is 5.82 Å². The average molecular weight is 482 g/mol. The topological polar surface area (TPSA) is 126 Å². The van der Waals surface area contributed by atoms with Crippen LogP contribution in [0, 0.1) is 0 Å². The molecule has 0 radical (unpaired) electrons. The molecular weight excluding hydrogens is 454 g/mol. The smallest absolute Gasteiger partial charge is 0.304 e. The molecule has 0 bridgehead atoms. The van der Waals surface area contributed by atoms with Crippen LogP contribution in [0.4, 0.5) is 17.2 Å². The number of ether oxygens (including phenoxy) is 2. The van der Waals surface area contributed by atoms with E-state index < -0.39 is 0 Å². The molecule has 0 aliphatic carbocycles. The third kappa shape index (κ3) is 5.24. The molecule has 0 saturated heterocycles. The lowest BCUT2D eigenvalue weighted by atomic mass is 10.0. The van der Waals surface area contributed by atoms with Crippen molar-refractivity contribution in [3.05, 3.63) is 65.9 Å². The molecule has 4 rings (SSSR count). The number of carbonyl (C=O) groups is 1. The number of benzene rings is 2. The quantitative estimate of drug-likeness (QED) is 0.194. The second kappa shape index (κ2) is 10.0. The Balaban J connectivity index is 1.43. The Morgan fingerprint density at radius 2 is 2.06 bits per heavy atom. The van der Waals surface area contributed by atoms with E-state index in [1.54, 1.807) is 24.2 Å². The van der Waals surface area contributed by atoms with Crippen LogP contribution in [0.15, 0.2) is 59.6 Å². The van der Waals surface area contributed by atoms with Crippen LogP contribution in [-0.4, -0.2) is 31.4 Å². The van der Waals surface area contributed by atoms with Crippen molar-refractivity contribution in [2.75, 3.05) is 29.8 Å². The summed E-state index contributed by atoms with van der Waals surface area (Å²) < 4.78 is 16.8. The van der Waals surface area contributed by atoms with Crippen molar-refractivity contribution < 1.29 is 28.9 Å². The number of nitrogens with one attached hydrogen (secondary N) is 2. The highest BCUT2D eigenvalue weighted by Crippen LogP contribution is 2.35. The first-order valence-electron chi connectivity index (χ1n) is 10.7. The first-order valence-corrected chi connectivity index (χ1v) is 11.4. The number of likely N-dealkylation sites (N-methyl/N-ethyl adjacent to an activating group) is 1. The summed E-state index contributed by atoms with van der Waals surface area (Å²) in [5, 5.41) is 6.44. The SMILES string of the molecule is CC(C)Oc1ccc(N)c(C(=[NH2+])c2cc[nH+]c(NOSc3ccc4c(c3)N(C)C(=O)CO4)c2)c1. The third-order valence-electron chi connectivity index (χ3n) is 5.11. The number of nitrogens with zero attached hydrogens (tertiary/aromatic N) is 1. The van der Waals surface area contributed by atoms with Crippen LogP contribution < -0.4 is 36.0 Å². The number of H-pyrrole nitrogens is 1. The molecule has 2 aromatic carbocycles. The minimum Gasteiger partial charge on any atom is -0.491 e. The molecule has 1 aromatic heterocycles. The van der Waals surface area contributed by atoms with Crippen LogP contribution in [0.25, 0.3) is 0 Å². The first-order chi connectivity index (χ1) is 16.3. The van der Waals surface area contributed by atoms with Crippen LogP contribution >= 0.6 is 12.0 Å². The number of amides is 1. The van der Waals surface area contributed by atoms with Gasteiger partial charge in [0.25, 0.3) is 5.91 Å². The monoisotopic (exact) mass is 481 g/mol. The molecule has 0 fully saturated rings. The van der Waals surface area contributed by atoms with Crippen LogP contribution in [-0.2, 0) is 9.08 Å². The maximum absolute atomic E-state index is 11.9. The summed E-state index contributed by atoms with van der Waals surface area (Å²) in [5.41, 5.74) is 12.3. The van der Waals surface area contributed by atoms with Gasteiger partial charge in [-0.15, -0.1) is 9.76 Å². The maximum Gasteiger partial charge on any atom is 0.304 e. The van der Waals surface area contributed by atoms with E-state index in [1.165, 1.54) is 0 Å². The fraction of sp³-hybridized carbons (Fsp3) is 0.208.